The fourth-order valence-electron chi connectivity index (χ4n) is 2.94. The molecule has 28 heavy (non-hydrogen) atoms. The molecule has 1 aliphatic rings. The number of rotatable bonds is 8. The van der Waals surface area contributed by atoms with Crippen molar-refractivity contribution in [2.45, 2.75) is 6.04 Å². The summed E-state index contributed by atoms with van der Waals surface area (Å²) in [5.41, 5.74) is 1.18. The zero-order valence-corrected chi connectivity index (χ0v) is 19.8. The predicted molar refractivity (Wildman–Crippen MR) is 123 cm³/mol. The molecule has 1 aliphatic heterocycles. The van der Waals surface area contributed by atoms with Crippen LogP contribution >= 0.6 is 24.0 Å². The van der Waals surface area contributed by atoms with Crippen LogP contribution in [0.3, 0.4) is 0 Å². The number of nitrogens with one attached hydrogen (secondary N) is 2. The Morgan fingerprint density at radius 1 is 1.25 bits per heavy atom. The van der Waals surface area contributed by atoms with E-state index in [2.05, 4.69) is 32.7 Å². The monoisotopic (exact) mass is 526 g/mol. The maximum absolute atomic E-state index is 11.3. The molecule has 8 nitrogen and oxygen atoms in total. The number of sulfone groups is 1. The molecule has 0 aromatic heterocycles. The first-order valence-electron chi connectivity index (χ1n) is 9.01. The van der Waals surface area contributed by atoms with Gasteiger partial charge in [-0.1, -0.05) is 12.1 Å². The molecule has 1 heterocycles. The minimum absolute atomic E-state index is 0. The van der Waals surface area contributed by atoms with Crippen molar-refractivity contribution >= 4 is 39.8 Å². The summed E-state index contributed by atoms with van der Waals surface area (Å²) in [5.74, 6) is 1.48. The summed E-state index contributed by atoms with van der Waals surface area (Å²) < 4.78 is 33.3. The summed E-state index contributed by atoms with van der Waals surface area (Å²) in [5, 5.41) is 6.36. The molecule has 1 fully saturated rings. The number of hydrogen-bond donors (Lipinski definition) is 2. The zero-order valence-electron chi connectivity index (χ0n) is 16.7. The third-order valence-electron chi connectivity index (χ3n) is 4.44. The molecule has 0 amide bonds. The molecule has 0 bridgehead atoms. The van der Waals surface area contributed by atoms with Crippen LogP contribution in [0.2, 0.25) is 0 Å². The van der Waals surface area contributed by atoms with E-state index in [0.717, 1.165) is 18.8 Å². The normalized spacial score (nSPS) is 16.8. The Hall–Kier alpha value is -1.11. The average molecular weight is 526 g/mol. The molecule has 0 spiro atoms. The van der Waals surface area contributed by atoms with E-state index >= 15 is 0 Å². The van der Waals surface area contributed by atoms with Crippen molar-refractivity contribution in [1.29, 1.82) is 0 Å². The lowest BCUT2D eigenvalue weighted by atomic mass is 10.0. The Balaban J connectivity index is 0.00000392. The molecular weight excluding hydrogens is 495 g/mol. The Morgan fingerprint density at radius 3 is 2.43 bits per heavy atom. The number of methoxy groups -OCH3 is 1. The van der Waals surface area contributed by atoms with Gasteiger partial charge in [0.25, 0.3) is 0 Å². The number of nitrogens with zero attached hydrogens (tertiary/aromatic N) is 2. The number of aliphatic imine (C=N–C) groups is 1. The van der Waals surface area contributed by atoms with E-state index in [1.54, 1.807) is 14.2 Å². The number of morpholine rings is 1. The Morgan fingerprint density at radius 2 is 1.89 bits per heavy atom. The highest BCUT2D eigenvalue weighted by atomic mass is 127. The van der Waals surface area contributed by atoms with Gasteiger partial charge in [0.2, 0.25) is 0 Å². The van der Waals surface area contributed by atoms with Crippen LogP contribution in [0.25, 0.3) is 0 Å². The fourth-order valence-corrected chi connectivity index (χ4v) is 3.41. The second kappa shape index (κ2) is 12.5. The quantitative estimate of drug-likeness (QED) is 0.296. The molecule has 0 saturated carbocycles. The summed E-state index contributed by atoms with van der Waals surface area (Å²) >= 11 is 0. The van der Waals surface area contributed by atoms with Crippen LogP contribution in [0.4, 0.5) is 0 Å². The topological polar surface area (TPSA) is 92.3 Å². The van der Waals surface area contributed by atoms with Gasteiger partial charge < -0.3 is 20.1 Å². The number of halogens is 1. The first-order valence-corrected chi connectivity index (χ1v) is 11.1. The summed E-state index contributed by atoms with van der Waals surface area (Å²) in [4.78, 5) is 6.56. The SMILES string of the molecule is CN=C(NCCS(C)(=O)=O)NCC(c1ccc(OC)cc1)N1CCOCC1.I. The van der Waals surface area contributed by atoms with Crippen LogP contribution in [0.1, 0.15) is 11.6 Å². The van der Waals surface area contributed by atoms with E-state index in [1.807, 2.05) is 12.1 Å². The van der Waals surface area contributed by atoms with E-state index in [9.17, 15) is 8.42 Å². The van der Waals surface area contributed by atoms with Gasteiger partial charge in [0.15, 0.2) is 5.96 Å². The van der Waals surface area contributed by atoms with Crippen molar-refractivity contribution in [3.8, 4) is 5.75 Å². The Labute approximate surface area is 185 Å². The van der Waals surface area contributed by atoms with Gasteiger partial charge in [-0.3, -0.25) is 9.89 Å². The average Bonchev–Trinajstić information content (AvgIpc) is 2.67. The molecule has 1 aromatic carbocycles. The molecule has 1 atom stereocenters. The highest BCUT2D eigenvalue weighted by Crippen LogP contribution is 2.23. The number of guanidine groups is 1. The van der Waals surface area contributed by atoms with Gasteiger partial charge in [-0.15, -0.1) is 24.0 Å². The highest BCUT2D eigenvalue weighted by Gasteiger charge is 2.23. The number of hydrogen-bond acceptors (Lipinski definition) is 6. The lowest BCUT2D eigenvalue weighted by Gasteiger charge is -2.35. The zero-order chi connectivity index (χ0) is 19.7. The van der Waals surface area contributed by atoms with Crippen LogP contribution in [-0.4, -0.2) is 84.8 Å². The Kier molecular flexibility index (Phi) is 11.1. The van der Waals surface area contributed by atoms with Gasteiger partial charge in [0.05, 0.1) is 32.1 Å². The van der Waals surface area contributed by atoms with E-state index in [1.165, 1.54) is 11.8 Å². The standard InChI is InChI=1S/C18H30N4O4S.HI/c1-19-18(20-8-13-27(3,23)24)21-14-17(22-9-11-26-12-10-22)15-4-6-16(25-2)7-5-15;/h4-7,17H,8-14H2,1-3H3,(H2,19,20,21);1H. The summed E-state index contributed by atoms with van der Waals surface area (Å²) in [6.45, 7) is 4.12. The van der Waals surface area contributed by atoms with E-state index in [4.69, 9.17) is 9.47 Å². The minimum Gasteiger partial charge on any atom is -0.497 e. The van der Waals surface area contributed by atoms with Crippen LogP contribution in [0, 0.1) is 0 Å². The molecule has 10 heteroatoms. The second-order valence-corrected chi connectivity index (χ2v) is 8.71. The van der Waals surface area contributed by atoms with Crippen LogP contribution in [0.5, 0.6) is 5.75 Å². The molecule has 2 N–H and O–H groups in total. The van der Waals surface area contributed by atoms with Crippen LogP contribution < -0.4 is 15.4 Å². The van der Waals surface area contributed by atoms with Gasteiger partial charge >= 0.3 is 0 Å². The van der Waals surface area contributed by atoms with E-state index < -0.39 is 9.84 Å². The molecule has 1 unspecified atom stereocenters. The van der Waals surface area contributed by atoms with Gasteiger partial charge in [-0.2, -0.15) is 0 Å². The van der Waals surface area contributed by atoms with Crippen molar-refractivity contribution in [2.24, 2.45) is 4.99 Å². The number of ether oxygens (including phenoxy) is 2. The summed E-state index contributed by atoms with van der Waals surface area (Å²) in [6.07, 6.45) is 1.23. The van der Waals surface area contributed by atoms with Gasteiger partial charge in [-0.05, 0) is 17.7 Å². The number of benzene rings is 1. The summed E-state index contributed by atoms with van der Waals surface area (Å²) in [6, 6.07) is 8.21. The van der Waals surface area contributed by atoms with Crippen molar-refractivity contribution in [3.63, 3.8) is 0 Å². The third kappa shape index (κ3) is 8.50. The van der Waals surface area contributed by atoms with Gasteiger partial charge in [-0.25, -0.2) is 8.42 Å². The molecular formula is C18H31IN4O4S. The Bertz CT molecular complexity index is 707. The van der Waals surface area contributed by atoms with Crippen LogP contribution in [-0.2, 0) is 14.6 Å². The van der Waals surface area contributed by atoms with E-state index in [-0.39, 0.29) is 35.8 Å². The molecule has 1 aromatic rings. The first kappa shape index (κ1) is 24.9. The van der Waals surface area contributed by atoms with Crippen molar-refractivity contribution < 1.29 is 17.9 Å². The lowest BCUT2D eigenvalue weighted by Crippen LogP contribution is -2.46. The smallest absolute Gasteiger partial charge is 0.191 e. The largest absolute Gasteiger partial charge is 0.497 e. The predicted octanol–water partition coefficient (Wildman–Crippen LogP) is 0.896. The molecule has 0 radical (unpaired) electrons. The maximum Gasteiger partial charge on any atom is 0.191 e. The van der Waals surface area contributed by atoms with Crippen LogP contribution in [0.15, 0.2) is 29.3 Å². The second-order valence-electron chi connectivity index (χ2n) is 6.45. The van der Waals surface area contributed by atoms with Crippen molar-refractivity contribution in [1.82, 2.24) is 15.5 Å². The maximum atomic E-state index is 11.3. The van der Waals surface area contributed by atoms with Gasteiger partial charge in [0, 0.05) is 39.5 Å². The summed E-state index contributed by atoms with van der Waals surface area (Å²) in [7, 11) is 0.323. The molecule has 160 valence electrons. The van der Waals surface area contributed by atoms with Crippen molar-refractivity contribution in [2.75, 3.05) is 65.6 Å². The minimum atomic E-state index is -3.01. The van der Waals surface area contributed by atoms with E-state index in [0.29, 0.717) is 32.3 Å². The lowest BCUT2D eigenvalue weighted by molar-refractivity contribution is 0.0170. The molecule has 2 rings (SSSR count). The van der Waals surface area contributed by atoms with Gasteiger partial charge in [0.1, 0.15) is 15.6 Å². The first-order chi connectivity index (χ1) is 12.9. The van der Waals surface area contributed by atoms with Crippen molar-refractivity contribution in [3.05, 3.63) is 29.8 Å². The molecule has 0 aliphatic carbocycles. The fraction of sp³-hybridized carbons (Fsp3) is 0.611. The third-order valence-corrected chi connectivity index (χ3v) is 5.38. The molecule has 1 saturated heterocycles. The highest BCUT2D eigenvalue weighted by molar-refractivity contribution is 14.0.